The highest BCUT2D eigenvalue weighted by molar-refractivity contribution is 7.84. The lowest BCUT2D eigenvalue weighted by atomic mass is 10.1. The normalized spacial score (nSPS) is 20.6. The van der Waals surface area contributed by atoms with Crippen molar-refractivity contribution in [2.45, 2.75) is 31.6 Å². The monoisotopic (exact) mass is 474 g/mol. The average molecular weight is 475 g/mol. The maximum atomic E-state index is 14.4. The fourth-order valence-electron chi connectivity index (χ4n) is 3.83. The molecule has 12 heteroatoms. The largest absolute Gasteiger partial charge is 0.367 e. The summed E-state index contributed by atoms with van der Waals surface area (Å²) >= 11 is 0. The second-order valence-corrected chi connectivity index (χ2v) is 9.09. The number of carbonyl (C=O) groups excluding carboxylic acids is 1. The SMILES string of the molecule is NS(=O)(=O)OCC1CC(Nc2ncncc2C(=O)c2ccn(Cc3ccccc3)n2)CC1F. The lowest BCUT2D eigenvalue weighted by molar-refractivity contribution is 0.103. The Morgan fingerprint density at radius 3 is 2.79 bits per heavy atom. The van der Waals surface area contributed by atoms with Crippen LogP contribution in [0.1, 0.15) is 34.5 Å². The van der Waals surface area contributed by atoms with E-state index in [9.17, 15) is 17.6 Å². The third kappa shape index (κ3) is 5.97. The summed E-state index contributed by atoms with van der Waals surface area (Å²) in [5.74, 6) is -0.748. The van der Waals surface area contributed by atoms with Crippen molar-refractivity contribution in [3.05, 3.63) is 71.9 Å². The van der Waals surface area contributed by atoms with E-state index in [-0.39, 0.29) is 41.9 Å². The van der Waals surface area contributed by atoms with Crippen LogP contribution in [-0.4, -0.2) is 52.8 Å². The number of aromatic nitrogens is 4. The van der Waals surface area contributed by atoms with Crippen LogP contribution in [0.25, 0.3) is 0 Å². The standard InChI is InChI=1S/C21H23FN6O4S/c22-18-9-16(8-15(18)12-32-33(23,30)31)26-21-17(10-24-13-25-21)20(29)19-6-7-28(27-19)11-14-4-2-1-3-5-14/h1-7,10,13,15-16,18H,8-9,11-12H2,(H2,23,30,31)(H,24,25,26). The van der Waals surface area contributed by atoms with E-state index >= 15 is 0 Å². The van der Waals surface area contributed by atoms with Gasteiger partial charge < -0.3 is 5.32 Å². The number of rotatable bonds is 9. The summed E-state index contributed by atoms with van der Waals surface area (Å²) in [7, 11) is -4.14. The summed E-state index contributed by atoms with van der Waals surface area (Å²) in [5, 5.41) is 12.3. The van der Waals surface area contributed by atoms with Crippen molar-refractivity contribution in [2.75, 3.05) is 11.9 Å². The van der Waals surface area contributed by atoms with E-state index in [0.717, 1.165) is 5.56 Å². The van der Waals surface area contributed by atoms with Gasteiger partial charge in [-0.15, -0.1) is 0 Å². The lowest BCUT2D eigenvalue weighted by Gasteiger charge is -2.15. The number of benzene rings is 1. The molecule has 3 N–H and O–H groups in total. The smallest absolute Gasteiger partial charge is 0.333 e. The van der Waals surface area contributed by atoms with E-state index in [1.165, 1.54) is 12.5 Å². The molecular formula is C21H23FN6O4S. The molecule has 0 aliphatic heterocycles. The van der Waals surface area contributed by atoms with Crippen LogP contribution in [0.2, 0.25) is 0 Å². The Kier molecular flexibility index (Phi) is 6.77. The molecule has 1 saturated carbocycles. The molecule has 3 unspecified atom stereocenters. The zero-order chi connectivity index (χ0) is 23.4. The summed E-state index contributed by atoms with van der Waals surface area (Å²) < 4.78 is 42.5. The van der Waals surface area contributed by atoms with Gasteiger partial charge in [0, 0.05) is 24.4 Å². The number of alkyl halides is 1. The molecule has 0 radical (unpaired) electrons. The third-order valence-corrected chi connectivity index (χ3v) is 5.88. The topological polar surface area (TPSA) is 142 Å². The van der Waals surface area contributed by atoms with Crippen molar-refractivity contribution in [3.8, 4) is 0 Å². The Morgan fingerprint density at radius 1 is 1.24 bits per heavy atom. The fourth-order valence-corrected chi connectivity index (χ4v) is 4.19. The molecule has 0 saturated heterocycles. The van der Waals surface area contributed by atoms with Gasteiger partial charge in [0.05, 0.1) is 18.7 Å². The molecule has 3 aromatic rings. The molecule has 0 amide bonds. The second kappa shape index (κ2) is 9.73. The lowest BCUT2D eigenvalue weighted by Crippen LogP contribution is -2.23. The van der Waals surface area contributed by atoms with Gasteiger partial charge in [-0.05, 0) is 24.5 Å². The van der Waals surface area contributed by atoms with E-state index in [2.05, 4.69) is 24.6 Å². The predicted molar refractivity (Wildman–Crippen MR) is 117 cm³/mol. The van der Waals surface area contributed by atoms with Gasteiger partial charge in [0.15, 0.2) is 0 Å². The molecule has 174 valence electrons. The van der Waals surface area contributed by atoms with Crippen LogP contribution in [0.4, 0.5) is 10.2 Å². The van der Waals surface area contributed by atoms with Crippen LogP contribution < -0.4 is 10.5 Å². The molecule has 3 atom stereocenters. The Bertz CT molecular complexity index is 1220. The first kappa shape index (κ1) is 23.0. The van der Waals surface area contributed by atoms with Crippen LogP contribution in [-0.2, 0) is 21.0 Å². The molecule has 1 aromatic carbocycles. The third-order valence-electron chi connectivity index (χ3n) is 5.41. The van der Waals surface area contributed by atoms with Gasteiger partial charge in [-0.25, -0.2) is 19.5 Å². The second-order valence-electron chi connectivity index (χ2n) is 7.86. The molecule has 1 fully saturated rings. The quantitative estimate of drug-likeness (QED) is 0.446. The maximum Gasteiger partial charge on any atom is 0.333 e. The highest BCUT2D eigenvalue weighted by Crippen LogP contribution is 2.32. The molecular weight excluding hydrogens is 451 g/mol. The van der Waals surface area contributed by atoms with E-state index in [4.69, 9.17) is 5.14 Å². The zero-order valence-electron chi connectivity index (χ0n) is 17.5. The first-order valence-corrected chi connectivity index (χ1v) is 11.8. The van der Waals surface area contributed by atoms with Crippen LogP contribution in [0, 0.1) is 5.92 Å². The molecule has 1 aliphatic rings. The fraction of sp³-hybridized carbons (Fsp3) is 0.333. The van der Waals surface area contributed by atoms with Crippen molar-refractivity contribution in [1.82, 2.24) is 19.7 Å². The number of hydrogen-bond acceptors (Lipinski definition) is 8. The number of carbonyl (C=O) groups is 1. The van der Waals surface area contributed by atoms with E-state index in [0.29, 0.717) is 13.0 Å². The van der Waals surface area contributed by atoms with E-state index in [1.54, 1.807) is 16.9 Å². The molecule has 2 aromatic heterocycles. The first-order valence-electron chi connectivity index (χ1n) is 10.3. The number of nitrogens with zero attached hydrogens (tertiary/aromatic N) is 4. The molecule has 2 heterocycles. The molecule has 0 spiro atoms. The zero-order valence-corrected chi connectivity index (χ0v) is 18.4. The van der Waals surface area contributed by atoms with E-state index < -0.39 is 22.4 Å². The predicted octanol–water partition coefficient (Wildman–Crippen LogP) is 1.70. The minimum absolute atomic E-state index is 0.113. The van der Waals surface area contributed by atoms with Gasteiger partial charge >= 0.3 is 10.3 Å². The van der Waals surface area contributed by atoms with Crippen molar-refractivity contribution < 1.29 is 21.8 Å². The highest BCUT2D eigenvalue weighted by Gasteiger charge is 2.36. The van der Waals surface area contributed by atoms with E-state index in [1.807, 2.05) is 30.3 Å². The minimum Gasteiger partial charge on any atom is -0.367 e. The van der Waals surface area contributed by atoms with Crippen molar-refractivity contribution in [2.24, 2.45) is 11.1 Å². The number of hydrogen-bond donors (Lipinski definition) is 2. The van der Waals surface area contributed by atoms with Crippen LogP contribution >= 0.6 is 0 Å². The summed E-state index contributed by atoms with van der Waals surface area (Å²) in [5.41, 5.74) is 1.49. The molecule has 1 aliphatic carbocycles. The van der Waals surface area contributed by atoms with Gasteiger partial charge in [-0.1, -0.05) is 30.3 Å². The Labute approximate surface area is 190 Å². The van der Waals surface area contributed by atoms with Crippen molar-refractivity contribution in [3.63, 3.8) is 0 Å². The first-order chi connectivity index (χ1) is 15.8. The summed E-state index contributed by atoms with van der Waals surface area (Å²) in [6.45, 7) is 0.180. The summed E-state index contributed by atoms with van der Waals surface area (Å²) in [4.78, 5) is 21.2. The van der Waals surface area contributed by atoms with Gasteiger partial charge in [-0.3, -0.25) is 13.7 Å². The van der Waals surface area contributed by atoms with Crippen LogP contribution in [0.5, 0.6) is 0 Å². The van der Waals surface area contributed by atoms with Gasteiger partial charge in [0.2, 0.25) is 5.78 Å². The molecule has 4 rings (SSSR count). The van der Waals surface area contributed by atoms with Gasteiger partial charge in [-0.2, -0.15) is 13.5 Å². The van der Waals surface area contributed by atoms with Gasteiger partial charge in [0.1, 0.15) is 24.0 Å². The maximum absolute atomic E-state index is 14.4. The molecule has 10 nitrogen and oxygen atoms in total. The number of ketones is 1. The van der Waals surface area contributed by atoms with Crippen LogP contribution in [0.15, 0.2) is 55.1 Å². The van der Waals surface area contributed by atoms with Crippen LogP contribution in [0.3, 0.4) is 0 Å². The number of nitrogens with one attached hydrogen (secondary N) is 1. The number of nitrogens with two attached hydrogens (primary N) is 1. The molecule has 0 bridgehead atoms. The number of anilines is 1. The number of halogens is 1. The summed E-state index contributed by atoms with van der Waals surface area (Å²) in [6.07, 6.45) is 3.52. The summed E-state index contributed by atoms with van der Waals surface area (Å²) in [6, 6.07) is 11.0. The molecule has 33 heavy (non-hydrogen) atoms. The average Bonchev–Trinajstić information content (AvgIpc) is 3.38. The van der Waals surface area contributed by atoms with Crippen molar-refractivity contribution >= 4 is 21.9 Å². The highest BCUT2D eigenvalue weighted by atomic mass is 32.2. The van der Waals surface area contributed by atoms with Crippen molar-refractivity contribution in [1.29, 1.82) is 0 Å². The Balaban J connectivity index is 1.44. The Morgan fingerprint density at radius 2 is 2.03 bits per heavy atom. The van der Waals surface area contributed by atoms with Gasteiger partial charge in [0.25, 0.3) is 0 Å². The Hall–Kier alpha value is -3.22. The minimum atomic E-state index is -4.14.